The van der Waals surface area contributed by atoms with E-state index in [4.69, 9.17) is 9.15 Å². The average molecular weight is 429 g/mol. The number of carbonyl (C=O) groups excluding carboxylic acids is 3. The van der Waals surface area contributed by atoms with Crippen LogP contribution in [-0.2, 0) is 20.1 Å². The molecule has 2 aliphatic heterocycles. The van der Waals surface area contributed by atoms with Gasteiger partial charge in [-0.15, -0.1) is 0 Å². The second-order valence-electron chi connectivity index (χ2n) is 7.47. The van der Waals surface area contributed by atoms with Crippen LogP contribution in [0.2, 0.25) is 0 Å². The molecule has 2 amide bonds. The molecular weight excluding hydrogens is 404 g/mol. The van der Waals surface area contributed by atoms with Gasteiger partial charge in [-0.25, -0.2) is 0 Å². The number of nitrogens with zero attached hydrogens (tertiary/aromatic N) is 1. The first-order valence-corrected chi connectivity index (χ1v) is 11.2. The highest BCUT2D eigenvalue weighted by Gasteiger charge is 2.45. The number of thioether (sulfide) groups is 1. The minimum absolute atomic E-state index is 0.0495. The highest BCUT2D eigenvalue weighted by Crippen LogP contribution is 2.27. The van der Waals surface area contributed by atoms with Gasteiger partial charge in [-0.05, 0) is 24.5 Å². The Hall–Kier alpha value is -2.58. The fourth-order valence-electron chi connectivity index (χ4n) is 3.92. The van der Waals surface area contributed by atoms with Crippen LogP contribution in [0, 0.1) is 0 Å². The first kappa shape index (κ1) is 20.7. The Morgan fingerprint density at radius 1 is 1.23 bits per heavy atom. The van der Waals surface area contributed by atoms with Crippen LogP contribution < -0.4 is 5.32 Å². The second-order valence-corrected chi connectivity index (χ2v) is 8.50. The van der Waals surface area contributed by atoms with Gasteiger partial charge >= 0.3 is 0 Å². The number of Topliss-reactive ketones (excluding diaryl/α,β-unsaturated/α-hetero) is 1. The lowest BCUT2D eigenvalue weighted by Crippen LogP contribution is -2.58. The molecule has 1 aromatic carbocycles. The Labute approximate surface area is 179 Å². The number of hydrogen-bond acceptors (Lipinski definition) is 6. The molecule has 158 valence electrons. The molecule has 0 unspecified atom stereocenters. The van der Waals surface area contributed by atoms with Gasteiger partial charge in [0.05, 0.1) is 17.9 Å². The van der Waals surface area contributed by atoms with Crippen LogP contribution in [0.25, 0.3) is 0 Å². The standard InChI is InChI=1S/C22H24N2O5S/c25-18-12-29-19-7-4-9-24(20(18)19)22(27)17(23-21(26)16-8-10-28-11-16)14-30-13-15-5-2-1-3-6-15/h1-3,5-6,8,10-11,17,19-20H,4,7,9,12-14H2,(H,23,26)/t17-,19+,20+/m0/s1. The van der Waals surface area contributed by atoms with E-state index in [9.17, 15) is 14.4 Å². The fraction of sp³-hybridized carbons (Fsp3) is 0.409. The molecule has 0 saturated carbocycles. The van der Waals surface area contributed by atoms with E-state index in [2.05, 4.69) is 5.32 Å². The molecule has 2 saturated heterocycles. The summed E-state index contributed by atoms with van der Waals surface area (Å²) in [5, 5.41) is 2.83. The van der Waals surface area contributed by atoms with E-state index in [-0.39, 0.29) is 30.3 Å². The van der Waals surface area contributed by atoms with Gasteiger partial charge in [0.25, 0.3) is 5.91 Å². The topological polar surface area (TPSA) is 88.9 Å². The monoisotopic (exact) mass is 428 g/mol. The molecule has 3 atom stereocenters. The van der Waals surface area contributed by atoms with Crippen molar-refractivity contribution in [3.8, 4) is 0 Å². The third kappa shape index (κ3) is 4.60. The van der Waals surface area contributed by atoms with Crippen molar-refractivity contribution in [2.45, 2.75) is 36.8 Å². The number of rotatable bonds is 7. The van der Waals surface area contributed by atoms with Gasteiger partial charge in [-0.3, -0.25) is 14.4 Å². The summed E-state index contributed by atoms with van der Waals surface area (Å²) in [6.45, 7) is 0.546. The SMILES string of the molecule is O=C(N[C@@H](CSCc1ccccc1)C(=O)N1CCC[C@H]2OCC(=O)[C@H]21)c1ccoc1. The molecule has 0 spiro atoms. The molecule has 8 heteroatoms. The van der Waals surface area contributed by atoms with Crippen LogP contribution >= 0.6 is 11.8 Å². The number of ketones is 1. The zero-order valence-electron chi connectivity index (χ0n) is 16.5. The van der Waals surface area contributed by atoms with Crippen LogP contribution in [0.3, 0.4) is 0 Å². The molecule has 30 heavy (non-hydrogen) atoms. The Morgan fingerprint density at radius 3 is 2.83 bits per heavy atom. The maximum Gasteiger partial charge on any atom is 0.255 e. The Morgan fingerprint density at radius 2 is 2.07 bits per heavy atom. The molecular formula is C22H24N2O5S. The van der Waals surface area contributed by atoms with Crippen molar-refractivity contribution < 1.29 is 23.5 Å². The van der Waals surface area contributed by atoms with Gasteiger partial charge in [-0.1, -0.05) is 30.3 Å². The number of carbonyl (C=O) groups is 3. The number of benzene rings is 1. The minimum atomic E-state index is -0.742. The summed E-state index contributed by atoms with van der Waals surface area (Å²) < 4.78 is 10.5. The van der Waals surface area contributed by atoms with E-state index in [0.29, 0.717) is 17.9 Å². The van der Waals surface area contributed by atoms with Crippen LogP contribution in [-0.4, -0.2) is 59.6 Å². The third-order valence-corrected chi connectivity index (χ3v) is 6.52. The van der Waals surface area contributed by atoms with Gasteiger partial charge in [0.15, 0.2) is 5.78 Å². The second kappa shape index (κ2) is 9.49. The zero-order valence-corrected chi connectivity index (χ0v) is 17.3. The summed E-state index contributed by atoms with van der Waals surface area (Å²) in [7, 11) is 0. The van der Waals surface area contributed by atoms with E-state index in [0.717, 1.165) is 24.2 Å². The average Bonchev–Trinajstić information content (AvgIpc) is 3.44. The molecule has 0 radical (unpaired) electrons. The van der Waals surface area contributed by atoms with Crippen molar-refractivity contribution in [3.63, 3.8) is 0 Å². The zero-order chi connectivity index (χ0) is 20.9. The molecule has 1 N–H and O–H groups in total. The van der Waals surface area contributed by atoms with Gasteiger partial charge in [0.1, 0.15) is 25.0 Å². The van der Waals surface area contributed by atoms with E-state index in [1.54, 1.807) is 22.7 Å². The molecule has 2 aliphatic rings. The first-order valence-electron chi connectivity index (χ1n) is 10.0. The van der Waals surface area contributed by atoms with Crippen molar-refractivity contribution in [2.24, 2.45) is 0 Å². The van der Waals surface area contributed by atoms with Crippen molar-refractivity contribution >= 4 is 29.4 Å². The Bertz CT molecular complexity index is 886. The minimum Gasteiger partial charge on any atom is -0.472 e. The predicted molar refractivity (Wildman–Crippen MR) is 112 cm³/mol. The number of furan rings is 1. The number of likely N-dealkylation sites (tertiary alicyclic amines) is 1. The number of ether oxygens (including phenoxy) is 1. The van der Waals surface area contributed by atoms with Gasteiger partial charge < -0.3 is 19.4 Å². The van der Waals surface area contributed by atoms with Gasteiger partial charge in [0.2, 0.25) is 5.91 Å². The molecule has 1 aromatic heterocycles. The molecule has 0 aliphatic carbocycles. The Kier molecular flexibility index (Phi) is 6.54. The van der Waals surface area contributed by atoms with E-state index in [1.807, 2.05) is 30.3 Å². The van der Waals surface area contributed by atoms with E-state index >= 15 is 0 Å². The van der Waals surface area contributed by atoms with Gasteiger partial charge in [-0.2, -0.15) is 11.8 Å². The summed E-state index contributed by atoms with van der Waals surface area (Å²) in [6.07, 6.45) is 4.07. The lowest BCUT2D eigenvalue weighted by atomic mass is 9.97. The largest absolute Gasteiger partial charge is 0.472 e. The third-order valence-electron chi connectivity index (χ3n) is 5.41. The smallest absolute Gasteiger partial charge is 0.255 e. The van der Waals surface area contributed by atoms with Crippen LogP contribution in [0.15, 0.2) is 53.3 Å². The molecule has 2 fully saturated rings. The molecule has 4 rings (SSSR count). The number of fused-ring (bicyclic) bond motifs is 1. The maximum atomic E-state index is 13.4. The molecule has 3 heterocycles. The van der Waals surface area contributed by atoms with Crippen LogP contribution in [0.4, 0.5) is 0 Å². The highest BCUT2D eigenvalue weighted by atomic mass is 32.2. The summed E-state index contributed by atoms with van der Waals surface area (Å²) in [5.74, 6) is 0.455. The number of piperidine rings is 1. The quantitative estimate of drug-likeness (QED) is 0.728. The van der Waals surface area contributed by atoms with Crippen molar-refractivity contribution in [1.29, 1.82) is 0 Å². The van der Waals surface area contributed by atoms with Crippen molar-refractivity contribution in [2.75, 3.05) is 18.9 Å². The molecule has 0 bridgehead atoms. The Balaban J connectivity index is 1.47. The summed E-state index contributed by atoms with van der Waals surface area (Å²) in [4.78, 5) is 39.9. The van der Waals surface area contributed by atoms with E-state index in [1.165, 1.54) is 12.5 Å². The van der Waals surface area contributed by atoms with E-state index < -0.39 is 12.1 Å². The maximum absolute atomic E-state index is 13.4. The molecule has 7 nitrogen and oxygen atoms in total. The highest BCUT2D eigenvalue weighted by molar-refractivity contribution is 7.98. The normalized spacial score (nSPS) is 21.9. The molecule has 2 aromatic rings. The van der Waals surface area contributed by atoms with Crippen molar-refractivity contribution in [1.82, 2.24) is 10.2 Å². The number of hydrogen-bond donors (Lipinski definition) is 1. The fourth-order valence-corrected chi connectivity index (χ4v) is 4.92. The summed E-state index contributed by atoms with van der Waals surface area (Å²) in [5.41, 5.74) is 1.50. The summed E-state index contributed by atoms with van der Waals surface area (Å²) >= 11 is 1.57. The van der Waals surface area contributed by atoms with Crippen molar-refractivity contribution in [3.05, 3.63) is 60.1 Å². The summed E-state index contributed by atoms with van der Waals surface area (Å²) in [6, 6.07) is 10.2. The predicted octanol–water partition coefficient (Wildman–Crippen LogP) is 2.27. The van der Waals surface area contributed by atoms with Crippen LogP contribution in [0.5, 0.6) is 0 Å². The van der Waals surface area contributed by atoms with Gasteiger partial charge in [0, 0.05) is 18.1 Å². The van der Waals surface area contributed by atoms with Crippen LogP contribution in [0.1, 0.15) is 28.8 Å². The number of nitrogens with one attached hydrogen (secondary N) is 1. The number of amides is 2. The lowest BCUT2D eigenvalue weighted by Gasteiger charge is -2.37. The first-order chi connectivity index (χ1) is 14.6. The lowest BCUT2D eigenvalue weighted by molar-refractivity contribution is -0.141.